The van der Waals surface area contributed by atoms with Crippen molar-refractivity contribution in [2.24, 2.45) is 0 Å². The number of benzene rings is 2. The second kappa shape index (κ2) is 4.29. The zero-order chi connectivity index (χ0) is 12.7. The van der Waals surface area contributed by atoms with Gasteiger partial charge in [0.25, 0.3) is 8.03 Å². The van der Waals surface area contributed by atoms with Crippen LogP contribution in [0, 0.1) is 0 Å². The highest BCUT2D eigenvalue weighted by Gasteiger charge is 2.22. The number of rotatable bonds is 1. The van der Waals surface area contributed by atoms with Crippen LogP contribution in [0.25, 0.3) is 11.1 Å². The molecule has 0 fully saturated rings. The summed E-state index contributed by atoms with van der Waals surface area (Å²) in [4.78, 5) is 0. The molecule has 2 aromatic carbocycles. The van der Waals surface area contributed by atoms with Crippen molar-refractivity contribution in [2.45, 2.75) is 19.8 Å². The van der Waals surface area contributed by atoms with Gasteiger partial charge in [0.2, 0.25) is 0 Å². The van der Waals surface area contributed by atoms with E-state index in [4.69, 9.17) is 4.52 Å². The molecule has 0 saturated carbocycles. The lowest BCUT2D eigenvalue weighted by molar-refractivity contribution is 0.513. The van der Waals surface area contributed by atoms with Crippen molar-refractivity contribution in [1.29, 1.82) is 0 Å². The average Bonchev–Trinajstić information content (AvgIpc) is 2.38. The highest BCUT2D eigenvalue weighted by Crippen LogP contribution is 2.43. The molecule has 1 heterocycles. The summed E-state index contributed by atoms with van der Waals surface area (Å²) in [5.74, 6) is 1.21. The van der Waals surface area contributed by atoms with Crippen LogP contribution >= 0.6 is 8.03 Å². The maximum Gasteiger partial charge on any atom is 0.266 e. The van der Waals surface area contributed by atoms with E-state index in [9.17, 15) is 4.57 Å². The Balaban J connectivity index is 2.24. The van der Waals surface area contributed by atoms with Crippen molar-refractivity contribution in [3.05, 3.63) is 48.0 Å². The Morgan fingerprint density at radius 1 is 1.06 bits per heavy atom. The van der Waals surface area contributed by atoms with Crippen molar-refractivity contribution in [3.63, 3.8) is 0 Å². The van der Waals surface area contributed by atoms with Gasteiger partial charge < -0.3 is 4.52 Å². The lowest BCUT2D eigenvalue weighted by Crippen LogP contribution is -2.10. The van der Waals surface area contributed by atoms with Crippen LogP contribution in [-0.4, -0.2) is 0 Å². The molecule has 2 nitrogen and oxygen atoms in total. The summed E-state index contributed by atoms with van der Waals surface area (Å²) in [5, 5.41) is 0.830. The first-order chi connectivity index (χ1) is 8.66. The molecule has 92 valence electrons. The van der Waals surface area contributed by atoms with Gasteiger partial charge in [-0.1, -0.05) is 38.1 Å². The topological polar surface area (TPSA) is 26.3 Å². The van der Waals surface area contributed by atoms with Crippen molar-refractivity contribution in [2.75, 3.05) is 0 Å². The van der Waals surface area contributed by atoms with Gasteiger partial charge in [0.15, 0.2) is 0 Å². The highest BCUT2D eigenvalue weighted by atomic mass is 31.1. The highest BCUT2D eigenvalue weighted by molar-refractivity contribution is 7.49. The van der Waals surface area contributed by atoms with E-state index in [2.05, 4.69) is 19.9 Å². The van der Waals surface area contributed by atoms with Crippen molar-refractivity contribution >= 4 is 13.3 Å². The first-order valence-electron chi connectivity index (χ1n) is 6.12. The smallest absolute Gasteiger partial charge is 0.266 e. The van der Waals surface area contributed by atoms with Crippen LogP contribution in [0.3, 0.4) is 0 Å². The molecular formula is C15H15O2P. The molecule has 0 spiro atoms. The van der Waals surface area contributed by atoms with Crippen molar-refractivity contribution in [1.82, 2.24) is 0 Å². The molecule has 0 saturated heterocycles. The van der Waals surface area contributed by atoms with Crippen LogP contribution in [-0.2, 0) is 4.57 Å². The van der Waals surface area contributed by atoms with Gasteiger partial charge in [-0.2, -0.15) is 0 Å². The van der Waals surface area contributed by atoms with E-state index in [1.165, 1.54) is 5.56 Å². The van der Waals surface area contributed by atoms with Crippen LogP contribution in [0.5, 0.6) is 5.75 Å². The molecule has 0 aromatic heterocycles. The van der Waals surface area contributed by atoms with E-state index in [1.54, 1.807) is 0 Å². The minimum absolute atomic E-state index is 0.474. The number of hydrogen-bond donors (Lipinski definition) is 0. The van der Waals surface area contributed by atoms with E-state index >= 15 is 0 Å². The van der Waals surface area contributed by atoms with Gasteiger partial charge in [-0.15, -0.1) is 0 Å². The average molecular weight is 258 g/mol. The molecule has 3 heteroatoms. The molecule has 0 bridgehead atoms. The fourth-order valence-corrected chi connectivity index (χ4v) is 3.41. The fourth-order valence-electron chi connectivity index (χ4n) is 2.26. The molecular weight excluding hydrogens is 243 g/mol. The lowest BCUT2D eigenvalue weighted by atomic mass is 9.96. The minimum Gasteiger partial charge on any atom is -0.441 e. The molecule has 18 heavy (non-hydrogen) atoms. The summed E-state index contributed by atoms with van der Waals surface area (Å²) in [6.45, 7) is 4.33. The van der Waals surface area contributed by atoms with Gasteiger partial charge in [-0.05, 0) is 35.2 Å². The van der Waals surface area contributed by atoms with Crippen molar-refractivity contribution < 1.29 is 9.09 Å². The van der Waals surface area contributed by atoms with Crippen LogP contribution in [0.4, 0.5) is 0 Å². The minimum atomic E-state index is -2.14. The van der Waals surface area contributed by atoms with Crippen LogP contribution in [0.15, 0.2) is 42.5 Å². The Kier molecular flexibility index (Phi) is 2.76. The summed E-state index contributed by atoms with van der Waals surface area (Å²) >= 11 is 0. The third kappa shape index (κ3) is 1.77. The fraction of sp³-hybridized carbons (Fsp3) is 0.200. The normalized spacial score (nSPS) is 16.9. The van der Waals surface area contributed by atoms with Gasteiger partial charge in [0.05, 0.1) is 5.30 Å². The second-order valence-corrected chi connectivity index (χ2v) is 6.16. The number of hydrogen-bond acceptors (Lipinski definition) is 2. The molecule has 0 N–H and O–H groups in total. The predicted octanol–water partition coefficient (Wildman–Crippen LogP) is 3.97. The van der Waals surface area contributed by atoms with Gasteiger partial charge in [0, 0.05) is 5.56 Å². The summed E-state index contributed by atoms with van der Waals surface area (Å²) in [6.07, 6.45) is 0. The van der Waals surface area contributed by atoms with Crippen LogP contribution in [0.1, 0.15) is 25.3 Å². The van der Waals surface area contributed by atoms with Gasteiger partial charge in [0.1, 0.15) is 5.75 Å². The molecule has 3 rings (SSSR count). The number of fused-ring (bicyclic) bond motifs is 3. The van der Waals surface area contributed by atoms with E-state index in [1.807, 2.05) is 36.4 Å². The summed E-state index contributed by atoms with van der Waals surface area (Å²) in [6, 6.07) is 13.9. The predicted molar refractivity (Wildman–Crippen MR) is 75.2 cm³/mol. The van der Waals surface area contributed by atoms with E-state index in [0.717, 1.165) is 22.2 Å². The Labute approximate surface area is 107 Å². The van der Waals surface area contributed by atoms with E-state index in [0.29, 0.717) is 5.92 Å². The van der Waals surface area contributed by atoms with Crippen LogP contribution < -0.4 is 9.83 Å². The molecule has 1 aliphatic rings. The maximum absolute atomic E-state index is 12.0. The third-order valence-electron chi connectivity index (χ3n) is 3.31. The van der Waals surface area contributed by atoms with Crippen LogP contribution in [0.2, 0.25) is 0 Å². The van der Waals surface area contributed by atoms with Gasteiger partial charge >= 0.3 is 0 Å². The molecule has 1 aliphatic heterocycles. The van der Waals surface area contributed by atoms with E-state index in [-0.39, 0.29) is 0 Å². The zero-order valence-electron chi connectivity index (χ0n) is 10.4. The third-order valence-corrected chi connectivity index (χ3v) is 4.59. The molecule has 1 atom stereocenters. The van der Waals surface area contributed by atoms with Crippen molar-refractivity contribution in [3.8, 4) is 16.9 Å². The largest absolute Gasteiger partial charge is 0.441 e. The Morgan fingerprint density at radius 2 is 1.83 bits per heavy atom. The monoisotopic (exact) mass is 258 g/mol. The Bertz CT molecular complexity index is 632. The zero-order valence-corrected chi connectivity index (χ0v) is 11.4. The SMILES string of the molecule is CC(C)c1ccc2c(c1)-c1ccccc1[PH](=O)O2. The lowest BCUT2D eigenvalue weighted by Gasteiger charge is -2.21. The molecule has 0 amide bonds. The molecule has 0 radical (unpaired) electrons. The molecule has 0 aliphatic carbocycles. The summed E-state index contributed by atoms with van der Waals surface area (Å²) in [5.41, 5.74) is 3.38. The molecule has 1 unspecified atom stereocenters. The first kappa shape index (κ1) is 11.6. The summed E-state index contributed by atoms with van der Waals surface area (Å²) in [7, 11) is -2.14. The van der Waals surface area contributed by atoms with Gasteiger partial charge in [-0.3, -0.25) is 4.57 Å². The standard InChI is InChI=1S/C15H15O2P/c1-10(2)11-7-8-14-13(9-11)12-5-3-4-6-15(12)18(16)17-14/h3-10,18H,1-2H3. The quantitative estimate of drug-likeness (QED) is 0.723. The second-order valence-electron chi connectivity index (χ2n) is 4.85. The first-order valence-corrected chi connectivity index (χ1v) is 7.44. The molecule has 2 aromatic rings. The Hall–Kier alpha value is -1.53. The Morgan fingerprint density at radius 3 is 2.61 bits per heavy atom. The summed E-state index contributed by atoms with van der Waals surface area (Å²) < 4.78 is 17.6. The van der Waals surface area contributed by atoms with Gasteiger partial charge in [-0.25, -0.2) is 0 Å². The van der Waals surface area contributed by atoms with E-state index < -0.39 is 8.03 Å². The maximum atomic E-state index is 12.0.